The number of carbonyl (C=O) groups is 2. The van der Waals surface area contributed by atoms with E-state index in [1.165, 1.54) is 17.0 Å². The molecule has 0 spiro atoms. The van der Waals surface area contributed by atoms with Gasteiger partial charge in [0, 0.05) is 24.8 Å². The molecular formula is C23H23FN4O3. The summed E-state index contributed by atoms with van der Waals surface area (Å²) in [6, 6.07) is 10.3. The van der Waals surface area contributed by atoms with Crippen LogP contribution >= 0.6 is 0 Å². The number of rotatable bonds is 5. The van der Waals surface area contributed by atoms with Gasteiger partial charge in [-0.2, -0.15) is 0 Å². The Kier molecular flexibility index (Phi) is 5.32. The molecule has 160 valence electrons. The van der Waals surface area contributed by atoms with E-state index in [0.29, 0.717) is 23.6 Å². The van der Waals surface area contributed by atoms with Crippen molar-refractivity contribution in [2.24, 2.45) is 0 Å². The van der Waals surface area contributed by atoms with Crippen LogP contribution in [0.2, 0.25) is 0 Å². The van der Waals surface area contributed by atoms with Crippen molar-refractivity contribution in [3.63, 3.8) is 0 Å². The van der Waals surface area contributed by atoms with Crippen molar-refractivity contribution in [3.05, 3.63) is 77.0 Å². The Morgan fingerprint density at radius 3 is 2.58 bits per heavy atom. The number of Topliss-reactive ketones (excluding diaryl/α,β-unsaturated/α-hetero) is 1. The number of pyridine rings is 1. The van der Waals surface area contributed by atoms with Crippen LogP contribution in [0.1, 0.15) is 23.0 Å². The van der Waals surface area contributed by atoms with E-state index < -0.39 is 23.5 Å². The standard InChI is InChI=1S/C23H23FN4O3/c1-14-19(27-11-7-6-10-17(27)25-14)21(29)18-20(15-8-4-5-9-16(15)24)28(13-12-26(2)3)23(31)22(18)30/h4-11,20,29H,12-13H2,1-3H3/t20-/m1/s1. The van der Waals surface area contributed by atoms with Gasteiger partial charge in [-0.15, -0.1) is 0 Å². The van der Waals surface area contributed by atoms with Crippen LogP contribution < -0.4 is 0 Å². The molecule has 0 radical (unpaired) electrons. The van der Waals surface area contributed by atoms with Crippen molar-refractivity contribution in [3.8, 4) is 0 Å². The number of likely N-dealkylation sites (tertiary alicyclic amines) is 1. The molecule has 31 heavy (non-hydrogen) atoms. The molecule has 1 aliphatic rings. The zero-order valence-corrected chi connectivity index (χ0v) is 17.5. The maximum Gasteiger partial charge on any atom is 0.295 e. The summed E-state index contributed by atoms with van der Waals surface area (Å²) in [7, 11) is 3.69. The molecule has 0 bridgehead atoms. The predicted molar refractivity (Wildman–Crippen MR) is 114 cm³/mol. The quantitative estimate of drug-likeness (QED) is 0.389. The molecular weight excluding hydrogens is 399 g/mol. The number of benzene rings is 1. The molecule has 3 heterocycles. The van der Waals surface area contributed by atoms with Crippen LogP contribution in [0.5, 0.6) is 0 Å². The minimum absolute atomic E-state index is 0.136. The van der Waals surface area contributed by atoms with Crippen LogP contribution in [-0.4, -0.2) is 63.2 Å². The monoisotopic (exact) mass is 422 g/mol. The summed E-state index contributed by atoms with van der Waals surface area (Å²) in [5, 5.41) is 11.3. The van der Waals surface area contributed by atoms with Gasteiger partial charge < -0.3 is 14.9 Å². The second-order valence-corrected chi connectivity index (χ2v) is 7.79. The Hall–Kier alpha value is -3.52. The molecule has 0 unspecified atom stereocenters. The number of imidazole rings is 1. The third-order valence-electron chi connectivity index (χ3n) is 5.46. The molecule has 4 rings (SSSR count). The minimum atomic E-state index is -1.03. The van der Waals surface area contributed by atoms with Gasteiger partial charge in [0.2, 0.25) is 0 Å². The molecule has 7 nitrogen and oxygen atoms in total. The summed E-state index contributed by atoms with van der Waals surface area (Å²) in [6.45, 7) is 2.40. The Morgan fingerprint density at radius 2 is 1.87 bits per heavy atom. The summed E-state index contributed by atoms with van der Waals surface area (Å²) >= 11 is 0. The maximum atomic E-state index is 14.8. The summed E-state index contributed by atoms with van der Waals surface area (Å²) in [5.41, 5.74) is 1.42. The van der Waals surface area contributed by atoms with Crippen molar-refractivity contribution < 1.29 is 19.1 Å². The third kappa shape index (κ3) is 3.48. The number of halogens is 1. The van der Waals surface area contributed by atoms with Crippen molar-refractivity contribution in [2.75, 3.05) is 27.2 Å². The third-order valence-corrected chi connectivity index (χ3v) is 5.46. The number of nitrogens with zero attached hydrogens (tertiary/aromatic N) is 4. The molecule has 0 aliphatic carbocycles. The number of fused-ring (bicyclic) bond motifs is 1. The molecule has 3 aromatic rings. The van der Waals surface area contributed by atoms with Crippen LogP contribution in [0.3, 0.4) is 0 Å². The minimum Gasteiger partial charge on any atom is -0.505 e. The topological polar surface area (TPSA) is 78.1 Å². The molecule has 0 saturated carbocycles. The highest BCUT2D eigenvalue weighted by Crippen LogP contribution is 2.40. The van der Waals surface area contributed by atoms with Gasteiger partial charge in [-0.3, -0.25) is 14.0 Å². The molecule has 1 fully saturated rings. The van der Waals surface area contributed by atoms with Gasteiger partial charge in [0.1, 0.15) is 17.2 Å². The molecule has 1 atom stereocenters. The SMILES string of the molecule is Cc1nc2ccccn2c1C(O)=C1C(=O)C(=O)N(CCN(C)C)[C@@H]1c1ccccc1F. The molecule has 1 aliphatic heterocycles. The van der Waals surface area contributed by atoms with Gasteiger partial charge in [0.05, 0.1) is 17.3 Å². The zero-order chi connectivity index (χ0) is 22.3. The van der Waals surface area contributed by atoms with Crippen LogP contribution in [-0.2, 0) is 9.59 Å². The van der Waals surface area contributed by atoms with Gasteiger partial charge in [0.25, 0.3) is 11.7 Å². The van der Waals surface area contributed by atoms with Gasteiger partial charge >= 0.3 is 0 Å². The van der Waals surface area contributed by atoms with Gasteiger partial charge in [-0.25, -0.2) is 9.37 Å². The fourth-order valence-corrected chi connectivity index (χ4v) is 3.96. The normalized spacial score (nSPS) is 18.5. The van der Waals surface area contributed by atoms with Gasteiger partial charge in [-0.1, -0.05) is 24.3 Å². The molecule has 1 N–H and O–H groups in total. The first kappa shape index (κ1) is 20.7. The summed E-state index contributed by atoms with van der Waals surface area (Å²) < 4.78 is 16.4. The number of carbonyl (C=O) groups excluding carboxylic acids is 2. The molecule has 1 amide bonds. The average Bonchev–Trinajstić information content (AvgIpc) is 3.20. The number of aliphatic hydroxyl groups is 1. The van der Waals surface area contributed by atoms with Gasteiger partial charge in [0.15, 0.2) is 5.76 Å². The Balaban J connectivity index is 1.95. The smallest absolute Gasteiger partial charge is 0.295 e. The Bertz CT molecular complexity index is 1210. The Morgan fingerprint density at radius 1 is 1.16 bits per heavy atom. The van der Waals surface area contributed by atoms with Crippen molar-refractivity contribution in [1.82, 2.24) is 19.2 Å². The number of amides is 1. The number of aryl methyl sites for hydroxylation is 1. The van der Waals surface area contributed by atoms with E-state index in [4.69, 9.17) is 0 Å². The number of aliphatic hydroxyl groups excluding tert-OH is 1. The largest absolute Gasteiger partial charge is 0.505 e. The summed E-state index contributed by atoms with van der Waals surface area (Å²) in [4.78, 5) is 33.6. The van der Waals surface area contributed by atoms with Crippen molar-refractivity contribution >= 4 is 23.1 Å². The Labute approximate surface area is 179 Å². The first-order valence-electron chi connectivity index (χ1n) is 9.93. The number of hydrogen-bond acceptors (Lipinski definition) is 5. The summed E-state index contributed by atoms with van der Waals surface area (Å²) in [6.07, 6.45) is 1.71. The van der Waals surface area contributed by atoms with E-state index in [1.54, 1.807) is 41.8 Å². The van der Waals surface area contributed by atoms with E-state index >= 15 is 0 Å². The first-order valence-corrected chi connectivity index (χ1v) is 9.93. The number of hydrogen-bond donors (Lipinski definition) is 1. The average molecular weight is 422 g/mol. The van der Waals surface area contributed by atoms with Gasteiger partial charge in [-0.05, 0) is 39.2 Å². The second kappa shape index (κ2) is 7.96. The lowest BCUT2D eigenvalue weighted by Crippen LogP contribution is -2.35. The van der Waals surface area contributed by atoms with Crippen molar-refractivity contribution in [2.45, 2.75) is 13.0 Å². The molecule has 1 aromatic carbocycles. The zero-order valence-electron chi connectivity index (χ0n) is 17.5. The lowest BCUT2D eigenvalue weighted by molar-refractivity contribution is -0.140. The molecule has 2 aromatic heterocycles. The number of ketones is 1. The second-order valence-electron chi connectivity index (χ2n) is 7.79. The van der Waals surface area contributed by atoms with Crippen LogP contribution in [0.15, 0.2) is 54.2 Å². The van der Waals surface area contributed by atoms with E-state index in [2.05, 4.69) is 4.98 Å². The highest BCUT2D eigenvalue weighted by Gasteiger charge is 2.47. The fraction of sp³-hybridized carbons (Fsp3) is 0.261. The van der Waals surface area contributed by atoms with E-state index in [9.17, 15) is 19.1 Å². The summed E-state index contributed by atoms with van der Waals surface area (Å²) in [5.74, 6) is -2.52. The number of aromatic nitrogens is 2. The van der Waals surface area contributed by atoms with Crippen LogP contribution in [0.25, 0.3) is 11.4 Å². The number of likely N-dealkylation sites (N-methyl/N-ethyl adjacent to an activating group) is 1. The lowest BCUT2D eigenvalue weighted by atomic mass is 9.96. The maximum absolute atomic E-state index is 14.8. The van der Waals surface area contributed by atoms with E-state index in [1.807, 2.05) is 25.1 Å². The fourth-order valence-electron chi connectivity index (χ4n) is 3.96. The first-order chi connectivity index (χ1) is 14.8. The lowest BCUT2D eigenvalue weighted by Gasteiger charge is -2.26. The van der Waals surface area contributed by atoms with Crippen LogP contribution in [0, 0.1) is 12.7 Å². The predicted octanol–water partition coefficient (Wildman–Crippen LogP) is 2.77. The van der Waals surface area contributed by atoms with E-state index in [0.717, 1.165) is 0 Å². The van der Waals surface area contributed by atoms with E-state index in [-0.39, 0.29) is 23.4 Å². The van der Waals surface area contributed by atoms with Crippen molar-refractivity contribution in [1.29, 1.82) is 0 Å². The van der Waals surface area contributed by atoms with Crippen LogP contribution in [0.4, 0.5) is 4.39 Å². The highest BCUT2D eigenvalue weighted by molar-refractivity contribution is 6.46. The highest BCUT2D eigenvalue weighted by atomic mass is 19.1. The molecule has 8 heteroatoms. The molecule has 1 saturated heterocycles.